The van der Waals surface area contributed by atoms with Gasteiger partial charge in [-0.3, -0.25) is 4.57 Å². The van der Waals surface area contributed by atoms with Crippen molar-refractivity contribution in [1.29, 1.82) is 0 Å². The van der Waals surface area contributed by atoms with Crippen LogP contribution in [0.2, 0.25) is 0 Å². The Balaban J connectivity index is 2.87. The number of hydrogen-bond acceptors (Lipinski definition) is 1. The van der Waals surface area contributed by atoms with Crippen LogP contribution in [0.1, 0.15) is 18.5 Å². The zero-order valence-electron chi connectivity index (χ0n) is 8.02. The molecular weight excluding hydrogens is 240 g/mol. The molecule has 0 saturated carbocycles. The first-order valence-electron chi connectivity index (χ1n) is 4.20. The largest absolute Gasteiger partial charge is 0.322 e. The first-order valence-corrected chi connectivity index (χ1v) is 7.67. The van der Waals surface area contributed by atoms with E-state index in [9.17, 15) is 4.57 Å². The van der Waals surface area contributed by atoms with Gasteiger partial charge >= 0.3 is 6.00 Å². The second-order valence-electron chi connectivity index (χ2n) is 3.10. The van der Waals surface area contributed by atoms with Gasteiger partial charge in [-0.1, -0.05) is 30.3 Å². The zero-order valence-corrected chi connectivity index (χ0v) is 10.4. The fourth-order valence-electron chi connectivity index (χ4n) is 1.15. The van der Waals surface area contributed by atoms with Crippen LogP contribution in [0.4, 0.5) is 0 Å². The van der Waals surface area contributed by atoms with Crippen molar-refractivity contribution in [2.75, 3.05) is 7.05 Å². The molecule has 1 aromatic rings. The molecule has 0 spiro atoms. The van der Waals surface area contributed by atoms with Crippen molar-refractivity contribution in [3.63, 3.8) is 0 Å². The van der Waals surface area contributed by atoms with E-state index in [1.54, 1.807) is 7.05 Å². The van der Waals surface area contributed by atoms with E-state index in [1.165, 1.54) is 4.67 Å². The van der Waals surface area contributed by atoms with E-state index < -0.39 is 6.00 Å². The van der Waals surface area contributed by atoms with Crippen LogP contribution in [0, 0.1) is 0 Å². The Bertz CT molecular complexity index is 338. The topological polar surface area (TPSA) is 20.3 Å². The molecule has 0 radical (unpaired) electrons. The van der Waals surface area contributed by atoms with Gasteiger partial charge in [0.15, 0.2) is 0 Å². The Hall–Kier alpha value is -0.0100. The lowest BCUT2D eigenvalue weighted by Crippen LogP contribution is -2.15. The van der Waals surface area contributed by atoms with Crippen molar-refractivity contribution in [1.82, 2.24) is 4.67 Å². The van der Waals surface area contributed by atoms with Gasteiger partial charge in [-0.15, -0.1) is 0 Å². The lowest BCUT2D eigenvalue weighted by molar-refractivity contribution is 0.414. The van der Waals surface area contributed by atoms with Crippen molar-refractivity contribution in [2.45, 2.75) is 13.0 Å². The van der Waals surface area contributed by atoms with Gasteiger partial charge < -0.3 is 0 Å². The van der Waals surface area contributed by atoms with Crippen molar-refractivity contribution < 1.29 is 4.57 Å². The van der Waals surface area contributed by atoms with Gasteiger partial charge in [0.1, 0.15) is 0 Å². The SMILES string of the molecule is C[C@@H](c1ccccc1)N(C)P(=O)(Cl)Cl. The number of nitrogens with zero attached hydrogens (tertiary/aromatic N) is 1. The third-order valence-electron chi connectivity index (χ3n) is 2.21. The molecule has 0 aliphatic rings. The molecule has 0 fully saturated rings. The smallest absolute Gasteiger partial charge is 0.271 e. The molecule has 0 N–H and O–H groups in total. The predicted molar refractivity (Wildman–Crippen MR) is 61.9 cm³/mol. The van der Waals surface area contributed by atoms with Gasteiger partial charge in [-0.2, -0.15) is 0 Å². The van der Waals surface area contributed by atoms with Gasteiger partial charge in [-0.25, -0.2) is 4.67 Å². The maximum absolute atomic E-state index is 11.4. The van der Waals surface area contributed by atoms with Crippen LogP contribution in [0.15, 0.2) is 30.3 Å². The number of halogens is 2. The quantitative estimate of drug-likeness (QED) is 0.749. The molecule has 0 bridgehead atoms. The van der Waals surface area contributed by atoms with Gasteiger partial charge in [0.25, 0.3) is 0 Å². The Morgan fingerprint density at radius 3 is 2.21 bits per heavy atom. The fourth-order valence-corrected chi connectivity index (χ4v) is 2.47. The molecule has 0 heterocycles. The molecular formula is C9H12Cl2NOP. The van der Waals surface area contributed by atoms with E-state index >= 15 is 0 Å². The fraction of sp³-hybridized carbons (Fsp3) is 0.333. The molecule has 0 unspecified atom stereocenters. The molecule has 5 heteroatoms. The Morgan fingerprint density at radius 2 is 1.79 bits per heavy atom. The van der Waals surface area contributed by atoms with E-state index in [1.807, 2.05) is 37.3 Å². The highest BCUT2D eigenvalue weighted by Gasteiger charge is 2.26. The van der Waals surface area contributed by atoms with E-state index in [2.05, 4.69) is 0 Å². The zero-order chi connectivity index (χ0) is 10.8. The van der Waals surface area contributed by atoms with E-state index in [0.717, 1.165) is 5.56 Å². The van der Waals surface area contributed by atoms with E-state index in [0.29, 0.717) is 0 Å². The average molecular weight is 252 g/mol. The molecule has 2 nitrogen and oxygen atoms in total. The second-order valence-corrected chi connectivity index (χ2v) is 7.86. The van der Waals surface area contributed by atoms with E-state index in [4.69, 9.17) is 22.5 Å². The lowest BCUT2D eigenvalue weighted by atomic mass is 10.1. The van der Waals surface area contributed by atoms with Crippen LogP contribution in [0.25, 0.3) is 0 Å². The first-order chi connectivity index (χ1) is 6.43. The molecule has 0 aliphatic carbocycles. The molecule has 78 valence electrons. The summed E-state index contributed by atoms with van der Waals surface area (Å²) in [5.74, 6) is -3.20. The highest BCUT2D eigenvalue weighted by Crippen LogP contribution is 2.61. The van der Waals surface area contributed by atoms with Crippen molar-refractivity contribution >= 4 is 28.5 Å². The highest BCUT2D eigenvalue weighted by atomic mass is 35.9. The molecule has 0 saturated heterocycles. The standard InChI is InChI=1S/C9H12Cl2NOP/c1-8(12(2)14(10,11)13)9-6-4-3-5-7-9/h3-8H,1-2H3/t8-/m0/s1. The lowest BCUT2D eigenvalue weighted by Gasteiger charge is -2.25. The van der Waals surface area contributed by atoms with Crippen molar-refractivity contribution in [3.05, 3.63) is 35.9 Å². The van der Waals surface area contributed by atoms with Crippen LogP contribution in [-0.2, 0) is 4.57 Å². The van der Waals surface area contributed by atoms with Crippen LogP contribution in [0.5, 0.6) is 0 Å². The highest BCUT2D eigenvalue weighted by molar-refractivity contribution is 8.06. The molecule has 14 heavy (non-hydrogen) atoms. The third kappa shape index (κ3) is 2.99. The Labute approximate surface area is 93.8 Å². The summed E-state index contributed by atoms with van der Waals surface area (Å²) in [6.07, 6.45) is 0. The maximum Gasteiger partial charge on any atom is 0.322 e. The number of benzene rings is 1. The summed E-state index contributed by atoms with van der Waals surface area (Å²) in [7, 11) is 1.65. The van der Waals surface area contributed by atoms with Gasteiger partial charge in [0.2, 0.25) is 0 Å². The summed E-state index contributed by atoms with van der Waals surface area (Å²) in [5.41, 5.74) is 1.04. The summed E-state index contributed by atoms with van der Waals surface area (Å²) in [6, 6.07) is 9.61. The second kappa shape index (κ2) is 4.67. The summed E-state index contributed by atoms with van der Waals surface area (Å²) in [4.78, 5) is 0. The van der Waals surface area contributed by atoms with Crippen molar-refractivity contribution in [2.24, 2.45) is 0 Å². The summed E-state index contributed by atoms with van der Waals surface area (Å²) < 4.78 is 12.9. The Kier molecular flexibility index (Phi) is 4.03. The van der Waals surface area contributed by atoms with Crippen LogP contribution in [-0.4, -0.2) is 11.7 Å². The predicted octanol–water partition coefficient (Wildman–Crippen LogP) is 4.27. The maximum atomic E-state index is 11.4. The van der Waals surface area contributed by atoms with E-state index in [-0.39, 0.29) is 6.04 Å². The van der Waals surface area contributed by atoms with Gasteiger partial charge in [-0.05, 0) is 42.0 Å². The Morgan fingerprint density at radius 1 is 1.29 bits per heavy atom. The minimum atomic E-state index is -3.20. The van der Waals surface area contributed by atoms with Crippen LogP contribution < -0.4 is 0 Å². The summed E-state index contributed by atoms with van der Waals surface area (Å²) >= 11 is 11.2. The molecule has 0 amide bonds. The minimum Gasteiger partial charge on any atom is -0.271 e. The molecule has 0 aliphatic heterocycles. The van der Waals surface area contributed by atoms with Gasteiger partial charge in [0, 0.05) is 6.04 Å². The number of hydrogen-bond donors (Lipinski definition) is 0. The van der Waals surface area contributed by atoms with Crippen LogP contribution >= 0.6 is 28.5 Å². The molecule has 1 rings (SSSR count). The minimum absolute atomic E-state index is 0.0583. The molecule has 0 aromatic heterocycles. The average Bonchev–Trinajstić information content (AvgIpc) is 2.15. The van der Waals surface area contributed by atoms with Gasteiger partial charge in [0.05, 0.1) is 0 Å². The van der Waals surface area contributed by atoms with Crippen LogP contribution in [0.3, 0.4) is 0 Å². The third-order valence-corrected chi connectivity index (χ3v) is 4.72. The first kappa shape index (κ1) is 12.1. The molecule has 1 atom stereocenters. The molecule has 1 aromatic carbocycles. The number of rotatable bonds is 3. The summed E-state index contributed by atoms with van der Waals surface area (Å²) in [6.45, 7) is 1.91. The monoisotopic (exact) mass is 251 g/mol. The van der Waals surface area contributed by atoms with Crippen molar-refractivity contribution in [3.8, 4) is 0 Å². The summed E-state index contributed by atoms with van der Waals surface area (Å²) in [5, 5.41) is 0. The normalized spacial score (nSPS) is 14.4.